The molecule has 19 heavy (non-hydrogen) atoms. The maximum atomic E-state index is 5.79. The van der Waals surface area contributed by atoms with E-state index in [4.69, 9.17) is 4.74 Å². The van der Waals surface area contributed by atoms with E-state index in [2.05, 4.69) is 17.2 Å². The molecule has 2 rings (SSSR count). The summed E-state index contributed by atoms with van der Waals surface area (Å²) in [4.78, 5) is 5.61. The van der Waals surface area contributed by atoms with Crippen LogP contribution in [0.25, 0.3) is 0 Å². The van der Waals surface area contributed by atoms with Crippen LogP contribution in [0.3, 0.4) is 0 Å². The molecular formula is C15H20N2OS. The molecule has 0 aliphatic heterocycles. The Bertz CT molecular complexity index is 522. The number of thiazole rings is 1. The van der Waals surface area contributed by atoms with Crippen LogP contribution in [0.5, 0.6) is 5.75 Å². The number of anilines is 1. The third kappa shape index (κ3) is 3.96. The summed E-state index contributed by atoms with van der Waals surface area (Å²) < 4.78 is 5.79. The highest BCUT2D eigenvalue weighted by molar-refractivity contribution is 7.11. The van der Waals surface area contributed by atoms with Gasteiger partial charge < -0.3 is 10.1 Å². The van der Waals surface area contributed by atoms with Gasteiger partial charge in [0, 0.05) is 11.1 Å². The molecule has 3 nitrogen and oxygen atoms in total. The van der Waals surface area contributed by atoms with E-state index in [9.17, 15) is 0 Å². The Labute approximate surface area is 118 Å². The molecule has 0 radical (unpaired) electrons. The molecule has 0 atom stereocenters. The Morgan fingerprint density at radius 2 is 2.11 bits per heavy atom. The lowest BCUT2D eigenvalue weighted by atomic mass is 10.3. The standard InChI is InChI=1S/C15H20N2OS/c1-4-15-17-10-12(19-15)9-16-13-7-5-6-8-14(13)18-11(2)3/h5-8,10-11,16H,4,9H2,1-3H3. The fraction of sp³-hybridized carbons (Fsp3) is 0.400. The summed E-state index contributed by atoms with van der Waals surface area (Å²) in [6.07, 6.45) is 3.12. The van der Waals surface area contributed by atoms with Crippen molar-refractivity contribution in [2.24, 2.45) is 0 Å². The van der Waals surface area contributed by atoms with Crippen LogP contribution in [0.1, 0.15) is 30.7 Å². The highest BCUT2D eigenvalue weighted by Gasteiger charge is 2.05. The largest absolute Gasteiger partial charge is 0.489 e. The number of para-hydroxylation sites is 2. The molecule has 1 N–H and O–H groups in total. The maximum absolute atomic E-state index is 5.79. The first-order valence-corrected chi connectivity index (χ1v) is 7.43. The van der Waals surface area contributed by atoms with Gasteiger partial charge in [-0.2, -0.15) is 0 Å². The SMILES string of the molecule is CCc1ncc(CNc2ccccc2OC(C)C)s1. The minimum atomic E-state index is 0.179. The Balaban J connectivity index is 2.02. The normalized spacial score (nSPS) is 10.7. The maximum Gasteiger partial charge on any atom is 0.142 e. The van der Waals surface area contributed by atoms with Crippen LogP contribution >= 0.6 is 11.3 Å². The predicted octanol–water partition coefficient (Wildman–Crippen LogP) is 4.10. The summed E-state index contributed by atoms with van der Waals surface area (Å²) in [5.41, 5.74) is 1.03. The van der Waals surface area contributed by atoms with E-state index in [1.165, 1.54) is 9.88 Å². The zero-order valence-corrected chi connectivity index (χ0v) is 12.5. The Morgan fingerprint density at radius 1 is 1.32 bits per heavy atom. The van der Waals surface area contributed by atoms with E-state index >= 15 is 0 Å². The van der Waals surface area contributed by atoms with Crippen LogP contribution in [0.15, 0.2) is 30.5 Å². The lowest BCUT2D eigenvalue weighted by molar-refractivity contribution is 0.243. The Morgan fingerprint density at radius 3 is 2.79 bits per heavy atom. The molecular weight excluding hydrogens is 256 g/mol. The van der Waals surface area contributed by atoms with Crippen molar-refractivity contribution in [2.45, 2.75) is 39.8 Å². The molecule has 0 unspecified atom stereocenters. The molecule has 0 aliphatic carbocycles. The van der Waals surface area contributed by atoms with Gasteiger partial charge in [0.1, 0.15) is 5.75 Å². The first-order valence-electron chi connectivity index (χ1n) is 6.62. The summed E-state index contributed by atoms with van der Waals surface area (Å²) in [5, 5.41) is 4.60. The second-order valence-electron chi connectivity index (χ2n) is 4.59. The molecule has 4 heteroatoms. The lowest BCUT2D eigenvalue weighted by Gasteiger charge is -2.14. The van der Waals surface area contributed by atoms with E-state index in [1.807, 2.05) is 44.3 Å². The molecule has 0 amide bonds. The van der Waals surface area contributed by atoms with Gasteiger partial charge in [0.15, 0.2) is 0 Å². The van der Waals surface area contributed by atoms with Crippen LogP contribution in [0, 0.1) is 0 Å². The van der Waals surface area contributed by atoms with Gasteiger partial charge in [0.05, 0.1) is 23.3 Å². The Kier molecular flexibility index (Phi) is 4.80. The Hall–Kier alpha value is -1.55. The average molecular weight is 276 g/mol. The zero-order valence-electron chi connectivity index (χ0n) is 11.6. The van der Waals surface area contributed by atoms with Gasteiger partial charge in [-0.25, -0.2) is 4.98 Å². The van der Waals surface area contributed by atoms with Gasteiger partial charge in [-0.15, -0.1) is 11.3 Å². The molecule has 0 spiro atoms. The molecule has 2 aromatic rings. The molecule has 0 aliphatic rings. The topological polar surface area (TPSA) is 34.2 Å². The smallest absolute Gasteiger partial charge is 0.142 e. The van der Waals surface area contributed by atoms with Crippen LogP contribution < -0.4 is 10.1 Å². The van der Waals surface area contributed by atoms with E-state index in [0.717, 1.165) is 24.4 Å². The third-order valence-electron chi connectivity index (χ3n) is 2.61. The molecule has 102 valence electrons. The van der Waals surface area contributed by atoms with Gasteiger partial charge >= 0.3 is 0 Å². The number of hydrogen-bond donors (Lipinski definition) is 1. The molecule has 0 fully saturated rings. The van der Waals surface area contributed by atoms with Gasteiger partial charge in [-0.05, 0) is 32.4 Å². The molecule has 0 saturated heterocycles. The first kappa shape index (κ1) is 13.9. The first-order chi connectivity index (χ1) is 9.19. The summed E-state index contributed by atoms with van der Waals surface area (Å²) in [5.74, 6) is 0.901. The molecule has 0 saturated carbocycles. The van der Waals surface area contributed by atoms with Crippen LogP contribution in [0.2, 0.25) is 0 Å². The lowest BCUT2D eigenvalue weighted by Crippen LogP contribution is -2.08. The van der Waals surface area contributed by atoms with Gasteiger partial charge in [0.2, 0.25) is 0 Å². The predicted molar refractivity (Wildman–Crippen MR) is 81.0 cm³/mol. The van der Waals surface area contributed by atoms with Crippen molar-refractivity contribution in [1.82, 2.24) is 4.98 Å². The number of ether oxygens (including phenoxy) is 1. The second-order valence-corrected chi connectivity index (χ2v) is 5.79. The van der Waals surface area contributed by atoms with E-state index in [1.54, 1.807) is 11.3 Å². The summed E-state index contributed by atoms with van der Waals surface area (Å²) in [6, 6.07) is 8.04. The highest BCUT2D eigenvalue weighted by atomic mass is 32.1. The monoisotopic (exact) mass is 276 g/mol. The molecule has 1 heterocycles. The molecule has 1 aromatic carbocycles. The van der Waals surface area contributed by atoms with Crippen molar-refractivity contribution in [3.63, 3.8) is 0 Å². The number of hydrogen-bond acceptors (Lipinski definition) is 4. The number of nitrogens with zero attached hydrogens (tertiary/aromatic N) is 1. The van der Waals surface area contributed by atoms with E-state index in [-0.39, 0.29) is 6.10 Å². The minimum Gasteiger partial charge on any atom is -0.489 e. The molecule has 1 aromatic heterocycles. The fourth-order valence-electron chi connectivity index (χ4n) is 1.74. The second kappa shape index (κ2) is 6.57. The zero-order chi connectivity index (χ0) is 13.7. The summed E-state index contributed by atoms with van der Waals surface area (Å²) in [6.45, 7) is 6.99. The van der Waals surface area contributed by atoms with Crippen molar-refractivity contribution in [3.05, 3.63) is 40.3 Å². The van der Waals surface area contributed by atoms with Gasteiger partial charge in [-0.3, -0.25) is 0 Å². The quantitative estimate of drug-likeness (QED) is 0.862. The van der Waals surface area contributed by atoms with Crippen molar-refractivity contribution in [1.29, 1.82) is 0 Å². The number of aromatic nitrogens is 1. The summed E-state index contributed by atoms with van der Waals surface area (Å²) >= 11 is 1.76. The van der Waals surface area contributed by atoms with Crippen LogP contribution in [0.4, 0.5) is 5.69 Å². The van der Waals surface area contributed by atoms with Gasteiger partial charge in [-0.1, -0.05) is 19.1 Å². The summed E-state index contributed by atoms with van der Waals surface area (Å²) in [7, 11) is 0. The van der Waals surface area contributed by atoms with E-state index < -0.39 is 0 Å². The van der Waals surface area contributed by atoms with Crippen molar-refractivity contribution in [3.8, 4) is 5.75 Å². The van der Waals surface area contributed by atoms with Crippen LogP contribution in [-0.4, -0.2) is 11.1 Å². The van der Waals surface area contributed by atoms with E-state index in [0.29, 0.717) is 0 Å². The number of benzene rings is 1. The van der Waals surface area contributed by atoms with Gasteiger partial charge in [0.25, 0.3) is 0 Å². The van der Waals surface area contributed by atoms with Crippen molar-refractivity contribution in [2.75, 3.05) is 5.32 Å². The average Bonchev–Trinajstić information content (AvgIpc) is 2.85. The molecule has 0 bridgehead atoms. The minimum absolute atomic E-state index is 0.179. The number of aryl methyl sites for hydroxylation is 1. The van der Waals surface area contributed by atoms with Crippen LogP contribution in [-0.2, 0) is 13.0 Å². The highest BCUT2D eigenvalue weighted by Crippen LogP contribution is 2.26. The number of nitrogens with one attached hydrogen (secondary N) is 1. The number of rotatable bonds is 6. The van der Waals surface area contributed by atoms with Crippen molar-refractivity contribution >= 4 is 17.0 Å². The fourth-order valence-corrected chi connectivity index (χ4v) is 2.55. The third-order valence-corrected chi connectivity index (χ3v) is 3.75. The van der Waals surface area contributed by atoms with Crippen molar-refractivity contribution < 1.29 is 4.74 Å².